The maximum atomic E-state index is 12.4. The lowest BCUT2D eigenvalue weighted by Crippen LogP contribution is -2.35. The first-order valence-electron chi connectivity index (χ1n) is 6.27. The molecule has 0 spiro atoms. The van der Waals surface area contributed by atoms with Crippen LogP contribution in [0.25, 0.3) is 0 Å². The summed E-state index contributed by atoms with van der Waals surface area (Å²) in [6.45, 7) is 3.27. The molecule has 118 valence electrons. The maximum absolute atomic E-state index is 12.4. The Morgan fingerprint density at radius 2 is 2.00 bits per heavy atom. The molecule has 7 nitrogen and oxygen atoms in total. The molecular formula is C13H20N2O5S. The van der Waals surface area contributed by atoms with Crippen LogP contribution in [-0.4, -0.2) is 41.2 Å². The molecule has 0 aliphatic carbocycles. The first-order chi connectivity index (χ1) is 9.80. The number of ether oxygens (including phenoxy) is 2. The SMILES string of the molecule is COCC(C)NS(=O)(=O)c1cc(NC(C)=O)ccc1OC. The Morgan fingerprint density at radius 1 is 1.33 bits per heavy atom. The number of amides is 1. The molecule has 0 fully saturated rings. The van der Waals surface area contributed by atoms with Crippen LogP contribution < -0.4 is 14.8 Å². The number of hydrogen-bond donors (Lipinski definition) is 2. The van der Waals surface area contributed by atoms with E-state index in [9.17, 15) is 13.2 Å². The Bertz CT molecular complexity index is 601. The summed E-state index contributed by atoms with van der Waals surface area (Å²) in [7, 11) is -0.920. The molecule has 8 heteroatoms. The summed E-state index contributed by atoms with van der Waals surface area (Å²) in [5.41, 5.74) is 0.378. The zero-order valence-electron chi connectivity index (χ0n) is 12.5. The highest BCUT2D eigenvalue weighted by Crippen LogP contribution is 2.27. The molecule has 0 aromatic heterocycles. The Balaban J connectivity index is 3.15. The highest BCUT2D eigenvalue weighted by molar-refractivity contribution is 7.89. The van der Waals surface area contributed by atoms with Crippen LogP contribution in [0.2, 0.25) is 0 Å². The van der Waals surface area contributed by atoms with Gasteiger partial charge in [-0.2, -0.15) is 0 Å². The molecule has 1 rings (SSSR count). The average Bonchev–Trinajstić information content (AvgIpc) is 2.37. The lowest BCUT2D eigenvalue weighted by Gasteiger charge is -2.16. The molecule has 1 unspecified atom stereocenters. The van der Waals surface area contributed by atoms with E-state index < -0.39 is 16.1 Å². The van der Waals surface area contributed by atoms with E-state index in [4.69, 9.17) is 9.47 Å². The Kier molecular flexibility index (Phi) is 6.13. The van der Waals surface area contributed by atoms with E-state index in [1.807, 2.05) is 0 Å². The van der Waals surface area contributed by atoms with E-state index in [1.54, 1.807) is 13.0 Å². The van der Waals surface area contributed by atoms with Gasteiger partial charge in [0, 0.05) is 25.8 Å². The molecule has 0 saturated heterocycles. The largest absolute Gasteiger partial charge is 0.495 e. The van der Waals surface area contributed by atoms with E-state index in [2.05, 4.69) is 10.0 Å². The average molecular weight is 316 g/mol. The highest BCUT2D eigenvalue weighted by atomic mass is 32.2. The number of nitrogens with one attached hydrogen (secondary N) is 2. The first-order valence-corrected chi connectivity index (χ1v) is 7.75. The summed E-state index contributed by atoms with van der Waals surface area (Å²) in [6, 6.07) is 4.01. The Hall–Kier alpha value is -1.64. The predicted molar refractivity (Wildman–Crippen MR) is 79.0 cm³/mol. The predicted octanol–water partition coefficient (Wildman–Crippen LogP) is 0.967. The van der Waals surface area contributed by atoms with Crippen molar-refractivity contribution in [1.29, 1.82) is 0 Å². The fourth-order valence-corrected chi connectivity index (χ4v) is 3.20. The van der Waals surface area contributed by atoms with Gasteiger partial charge in [-0.25, -0.2) is 13.1 Å². The van der Waals surface area contributed by atoms with Gasteiger partial charge >= 0.3 is 0 Å². The second-order valence-corrected chi connectivity index (χ2v) is 6.21. The normalized spacial score (nSPS) is 12.8. The van der Waals surface area contributed by atoms with Crippen molar-refractivity contribution in [3.8, 4) is 5.75 Å². The Morgan fingerprint density at radius 3 is 2.52 bits per heavy atom. The van der Waals surface area contributed by atoms with E-state index in [1.165, 1.54) is 33.3 Å². The first kappa shape index (κ1) is 17.4. The van der Waals surface area contributed by atoms with Gasteiger partial charge in [0.2, 0.25) is 15.9 Å². The number of carbonyl (C=O) groups is 1. The molecule has 1 atom stereocenters. The summed E-state index contributed by atoms with van der Waals surface area (Å²) in [6.07, 6.45) is 0. The van der Waals surface area contributed by atoms with Gasteiger partial charge < -0.3 is 14.8 Å². The van der Waals surface area contributed by atoms with Crippen LogP contribution in [0.3, 0.4) is 0 Å². The third kappa shape index (κ3) is 5.00. The number of anilines is 1. The summed E-state index contributed by atoms with van der Waals surface area (Å²) in [5.74, 6) is -0.0922. The lowest BCUT2D eigenvalue weighted by molar-refractivity contribution is -0.114. The molecule has 0 heterocycles. The standard InChI is InChI=1S/C13H20N2O5S/c1-9(8-19-3)15-21(17,18)13-7-11(14-10(2)16)5-6-12(13)20-4/h5-7,9,15H,8H2,1-4H3,(H,14,16). The molecule has 0 radical (unpaired) electrons. The minimum Gasteiger partial charge on any atom is -0.495 e. The molecule has 0 bridgehead atoms. The van der Waals surface area contributed by atoms with E-state index in [0.29, 0.717) is 5.69 Å². The summed E-state index contributed by atoms with van der Waals surface area (Å²) >= 11 is 0. The van der Waals surface area contributed by atoms with Gasteiger partial charge in [-0.05, 0) is 25.1 Å². The van der Waals surface area contributed by atoms with Gasteiger partial charge in [0.25, 0.3) is 0 Å². The highest BCUT2D eigenvalue weighted by Gasteiger charge is 2.22. The third-order valence-electron chi connectivity index (χ3n) is 2.55. The molecule has 0 saturated carbocycles. The molecule has 2 N–H and O–H groups in total. The maximum Gasteiger partial charge on any atom is 0.244 e. The van der Waals surface area contributed by atoms with Crippen LogP contribution >= 0.6 is 0 Å². The number of hydrogen-bond acceptors (Lipinski definition) is 5. The minimum absolute atomic E-state index is 0.0424. The van der Waals surface area contributed by atoms with Gasteiger partial charge in [-0.1, -0.05) is 0 Å². The van der Waals surface area contributed by atoms with Crippen molar-refractivity contribution >= 4 is 21.6 Å². The van der Waals surface area contributed by atoms with Gasteiger partial charge in [0.15, 0.2) is 0 Å². The molecule has 1 aromatic carbocycles. The van der Waals surface area contributed by atoms with Crippen molar-refractivity contribution in [1.82, 2.24) is 4.72 Å². The van der Waals surface area contributed by atoms with Crippen molar-refractivity contribution in [2.75, 3.05) is 26.1 Å². The number of benzene rings is 1. The van der Waals surface area contributed by atoms with Crippen molar-refractivity contribution in [3.05, 3.63) is 18.2 Å². The number of rotatable bonds is 7. The zero-order valence-corrected chi connectivity index (χ0v) is 13.3. The second kappa shape index (κ2) is 7.39. The monoisotopic (exact) mass is 316 g/mol. The quantitative estimate of drug-likeness (QED) is 0.781. The van der Waals surface area contributed by atoms with Crippen molar-refractivity contribution in [2.45, 2.75) is 24.8 Å². The second-order valence-electron chi connectivity index (χ2n) is 4.52. The molecule has 21 heavy (non-hydrogen) atoms. The Labute approximate surface area is 124 Å². The van der Waals surface area contributed by atoms with Crippen molar-refractivity contribution in [3.63, 3.8) is 0 Å². The minimum atomic E-state index is -3.79. The summed E-state index contributed by atoms with van der Waals surface area (Å²) in [4.78, 5) is 11.0. The number of carbonyl (C=O) groups excluding carboxylic acids is 1. The van der Waals surface area contributed by atoms with E-state index in [0.717, 1.165) is 0 Å². The van der Waals surface area contributed by atoms with Gasteiger partial charge in [0.05, 0.1) is 13.7 Å². The van der Waals surface area contributed by atoms with Crippen LogP contribution in [-0.2, 0) is 19.6 Å². The number of sulfonamides is 1. The smallest absolute Gasteiger partial charge is 0.244 e. The van der Waals surface area contributed by atoms with Crippen LogP contribution in [0.4, 0.5) is 5.69 Å². The molecule has 1 aromatic rings. The van der Waals surface area contributed by atoms with Crippen molar-refractivity contribution in [2.24, 2.45) is 0 Å². The summed E-state index contributed by atoms with van der Waals surface area (Å²) < 4.78 is 37.2. The number of methoxy groups -OCH3 is 2. The van der Waals surface area contributed by atoms with Gasteiger partial charge in [-0.15, -0.1) is 0 Å². The van der Waals surface area contributed by atoms with Crippen LogP contribution in [0.1, 0.15) is 13.8 Å². The van der Waals surface area contributed by atoms with Crippen molar-refractivity contribution < 1.29 is 22.7 Å². The molecule has 0 aliphatic rings. The third-order valence-corrected chi connectivity index (χ3v) is 4.16. The van der Waals surface area contributed by atoms with Gasteiger partial charge in [-0.3, -0.25) is 4.79 Å². The molecule has 1 amide bonds. The lowest BCUT2D eigenvalue weighted by atomic mass is 10.3. The zero-order chi connectivity index (χ0) is 16.0. The van der Waals surface area contributed by atoms with E-state index >= 15 is 0 Å². The summed E-state index contributed by atoms with van der Waals surface area (Å²) in [5, 5.41) is 2.54. The van der Waals surface area contributed by atoms with E-state index in [-0.39, 0.29) is 23.2 Å². The van der Waals surface area contributed by atoms with Gasteiger partial charge in [0.1, 0.15) is 10.6 Å². The van der Waals surface area contributed by atoms with Crippen LogP contribution in [0, 0.1) is 0 Å². The topological polar surface area (TPSA) is 93.7 Å². The fourth-order valence-electron chi connectivity index (χ4n) is 1.78. The van der Waals surface area contributed by atoms with Crippen LogP contribution in [0.5, 0.6) is 5.75 Å². The van der Waals surface area contributed by atoms with Crippen LogP contribution in [0.15, 0.2) is 23.1 Å². The molecular weight excluding hydrogens is 296 g/mol. The molecule has 0 aliphatic heterocycles. The fraction of sp³-hybridized carbons (Fsp3) is 0.462.